The van der Waals surface area contributed by atoms with E-state index >= 15 is 0 Å². The van der Waals surface area contributed by atoms with Gasteiger partial charge in [-0.2, -0.15) is 0 Å². The van der Waals surface area contributed by atoms with E-state index in [4.69, 9.17) is 0 Å². The number of aromatic nitrogens is 1. The van der Waals surface area contributed by atoms with Gasteiger partial charge >= 0.3 is 0 Å². The van der Waals surface area contributed by atoms with Gasteiger partial charge in [0.25, 0.3) is 0 Å². The molecule has 0 aliphatic heterocycles. The molecular weight excluding hydrogens is 210 g/mol. The van der Waals surface area contributed by atoms with Crippen molar-refractivity contribution in [2.24, 2.45) is 16.7 Å². The number of hydrogen-bond acceptors (Lipinski definition) is 2. The zero-order chi connectivity index (χ0) is 12.5. The summed E-state index contributed by atoms with van der Waals surface area (Å²) in [6.45, 7) is 6.90. The van der Waals surface area contributed by atoms with Gasteiger partial charge in [0.1, 0.15) is 0 Å². The van der Waals surface area contributed by atoms with Crippen LogP contribution in [-0.2, 0) is 0 Å². The number of nitrogens with zero attached hydrogens (tertiary/aromatic N) is 1. The highest BCUT2D eigenvalue weighted by atomic mass is 16.3. The smallest absolute Gasteiger partial charge is 0.0601 e. The first-order valence-electron chi connectivity index (χ1n) is 6.51. The van der Waals surface area contributed by atoms with E-state index in [1.807, 2.05) is 18.2 Å². The van der Waals surface area contributed by atoms with Crippen LogP contribution in [0.3, 0.4) is 0 Å². The van der Waals surface area contributed by atoms with Crippen LogP contribution < -0.4 is 0 Å². The Morgan fingerprint density at radius 1 is 1.12 bits per heavy atom. The normalized spacial score (nSPS) is 37.4. The minimum Gasteiger partial charge on any atom is -0.393 e. The molecule has 2 aliphatic carbocycles. The van der Waals surface area contributed by atoms with Gasteiger partial charge < -0.3 is 5.11 Å². The van der Waals surface area contributed by atoms with Gasteiger partial charge in [0.2, 0.25) is 0 Å². The van der Waals surface area contributed by atoms with Crippen LogP contribution in [0.15, 0.2) is 30.6 Å². The Labute approximate surface area is 104 Å². The summed E-state index contributed by atoms with van der Waals surface area (Å²) in [4.78, 5) is 3.78. The average Bonchev–Trinajstić information content (AvgIpc) is 2.65. The van der Waals surface area contributed by atoms with E-state index in [1.165, 1.54) is 12.8 Å². The zero-order valence-electron chi connectivity index (χ0n) is 11.1. The van der Waals surface area contributed by atoms with Gasteiger partial charge in [-0.05, 0) is 48.1 Å². The molecule has 1 N–H and O–H groups in total. The molecule has 94 valence electrons. The van der Waals surface area contributed by atoms with Crippen LogP contribution in [0.4, 0.5) is 0 Å². The number of rotatable bonds is 0. The summed E-state index contributed by atoms with van der Waals surface area (Å²) in [6.07, 6.45) is 7.08. The lowest BCUT2D eigenvalue weighted by Gasteiger charge is -2.36. The molecule has 0 saturated heterocycles. The van der Waals surface area contributed by atoms with Crippen molar-refractivity contribution >= 4 is 0 Å². The minimum atomic E-state index is -0.0313. The standard InChI is InChI=1S/C10H18O.C5H5N/c1-9(2)7-4-5-10(9,3)8(11)6-7;1-2-4-6-5-3-1/h7-8,11H,4-6H2,1-3H3;1-5H. The molecule has 0 radical (unpaired) electrons. The minimum absolute atomic E-state index is 0.0313. The maximum atomic E-state index is 9.81. The van der Waals surface area contributed by atoms with Crippen molar-refractivity contribution in [3.63, 3.8) is 0 Å². The van der Waals surface area contributed by atoms with Crippen molar-refractivity contribution in [3.05, 3.63) is 30.6 Å². The van der Waals surface area contributed by atoms with Crippen molar-refractivity contribution < 1.29 is 5.11 Å². The Kier molecular flexibility index (Phi) is 3.26. The molecule has 3 atom stereocenters. The number of aliphatic hydroxyl groups excluding tert-OH is 1. The third kappa shape index (κ3) is 1.99. The number of fused-ring (bicyclic) bond motifs is 2. The number of hydrogen-bond donors (Lipinski definition) is 1. The Morgan fingerprint density at radius 3 is 1.94 bits per heavy atom. The molecule has 0 amide bonds. The van der Waals surface area contributed by atoms with Crippen LogP contribution in [0.1, 0.15) is 40.0 Å². The highest BCUT2D eigenvalue weighted by Crippen LogP contribution is 2.65. The van der Waals surface area contributed by atoms with Crippen LogP contribution in [0.5, 0.6) is 0 Å². The topological polar surface area (TPSA) is 33.1 Å². The van der Waals surface area contributed by atoms with Crippen LogP contribution in [0, 0.1) is 16.7 Å². The van der Waals surface area contributed by atoms with Crippen LogP contribution in [0.25, 0.3) is 0 Å². The van der Waals surface area contributed by atoms with Crippen molar-refractivity contribution in [2.75, 3.05) is 0 Å². The summed E-state index contributed by atoms with van der Waals surface area (Å²) in [7, 11) is 0. The van der Waals surface area contributed by atoms with Gasteiger partial charge in [-0.15, -0.1) is 0 Å². The molecule has 2 saturated carbocycles. The second-order valence-corrected chi connectivity index (χ2v) is 6.15. The Bertz CT molecular complexity index is 336. The average molecular weight is 233 g/mol. The summed E-state index contributed by atoms with van der Waals surface area (Å²) in [5.41, 5.74) is 0.601. The first-order valence-corrected chi connectivity index (χ1v) is 6.51. The summed E-state index contributed by atoms with van der Waals surface area (Å²) in [5.74, 6) is 0.780. The fourth-order valence-corrected chi connectivity index (χ4v) is 3.47. The molecule has 1 heterocycles. The second kappa shape index (κ2) is 4.41. The SMILES string of the molecule is CC1(C)C2CCC1(C)C(O)C2.c1ccncc1. The fraction of sp³-hybridized carbons (Fsp3) is 0.667. The van der Waals surface area contributed by atoms with Crippen LogP contribution >= 0.6 is 0 Å². The fourth-order valence-electron chi connectivity index (χ4n) is 3.47. The molecule has 2 aliphatic rings. The van der Waals surface area contributed by atoms with E-state index in [0.29, 0.717) is 5.41 Å². The first kappa shape index (κ1) is 12.6. The third-order valence-electron chi connectivity index (χ3n) is 5.31. The molecule has 17 heavy (non-hydrogen) atoms. The molecule has 3 rings (SSSR count). The molecule has 3 unspecified atom stereocenters. The summed E-state index contributed by atoms with van der Waals surface area (Å²) >= 11 is 0. The summed E-state index contributed by atoms with van der Waals surface area (Å²) < 4.78 is 0. The van der Waals surface area contributed by atoms with Crippen molar-refractivity contribution in [3.8, 4) is 0 Å². The quantitative estimate of drug-likeness (QED) is 0.746. The Morgan fingerprint density at radius 2 is 1.76 bits per heavy atom. The molecule has 2 bridgehead atoms. The summed E-state index contributed by atoms with van der Waals surface area (Å²) in [5, 5.41) is 9.81. The molecule has 0 aromatic carbocycles. The van der Waals surface area contributed by atoms with Gasteiger partial charge in [0, 0.05) is 12.4 Å². The van der Waals surface area contributed by atoms with E-state index in [1.54, 1.807) is 12.4 Å². The highest BCUT2D eigenvalue weighted by molar-refractivity contribution is 5.10. The maximum Gasteiger partial charge on any atom is 0.0601 e. The highest BCUT2D eigenvalue weighted by Gasteiger charge is 2.60. The van der Waals surface area contributed by atoms with Crippen molar-refractivity contribution in [1.82, 2.24) is 4.98 Å². The van der Waals surface area contributed by atoms with Gasteiger partial charge in [-0.1, -0.05) is 26.8 Å². The van der Waals surface area contributed by atoms with E-state index in [9.17, 15) is 5.11 Å². The van der Waals surface area contributed by atoms with Crippen molar-refractivity contribution in [1.29, 1.82) is 0 Å². The number of pyridine rings is 1. The van der Waals surface area contributed by atoms with E-state index < -0.39 is 0 Å². The Hall–Kier alpha value is -0.890. The predicted molar refractivity (Wildman–Crippen MR) is 69.5 cm³/mol. The molecule has 0 spiro atoms. The second-order valence-electron chi connectivity index (χ2n) is 6.15. The third-order valence-corrected chi connectivity index (χ3v) is 5.31. The van der Waals surface area contributed by atoms with Crippen LogP contribution in [-0.4, -0.2) is 16.2 Å². The lowest BCUT2D eigenvalue weighted by molar-refractivity contribution is 0.0126. The van der Waals surface area contributed by atoms with Crippen molar-refractivity contribution in [2.45, 2.75) is 46.1 Å². The molecule has 2 fully saturated rings. The zero-order valence-corrected chi connectivity index (χ0v) is 11.1. The van der Waals surface area contributed by atoms with Gasteiger partial charge in [-0.25, -0.2) is 0 Å². The number of aliphatic hydroxyl groups is 1. The van der Waals surface area contributed by atoms with Gasteiger partial charge in [-0.3, -0.25) is 4.98 Å². The van der Waals surface area contributed by atoms with Gasteiger partial charge in [0.05, 0.1) is 6.10 Å². The summed E-state index contributed by atoms with van der Waals surface area (Å²) in [6, 6.07) is 5.72. The maximum absolute atomic E-state index is 9.81. The molecule has 2 heteroatoms. The first-order chi connectivity index (χ1) is 7.98. The molecule has 1 aromatic heterocycles. The largest absolute Gasteiger partial charge is 0.393 e. The molecular formula is C15H23NO. The van der Waals surface area contributed by atoms with E-state index in [-0.39, 0.29) is 11.5 Å². The Balaban J connectivity index is 0.000000153. The monoisotopic (exact) mass is 233 g/mol. The van der Waals surface area contributed by atoms with Gasteiger partial charge in [0.15, 0.2) is 0 Å². The molecule has 2 nitrogen and oxygen atoms in total. The molecule has 1 aromatic rings. The van der Waals surface area contributed by atoms with Crippen LogP contribution in [0.2, 0.25) is 0 Å². The van der Waals surface area contributed by atoms with E-state index in [0.717, 1.165) is 12.3 Å². The van der Waals surface area contributed by atoms with E-state index in [2.05, 4.69) is 25.8 Å². The lowest BCUT2D eigenvalue weighted by atomic mass is 9.70. The predicted octanol–water partition coefficient (Wildman–Crippen LogP) is 3.28. The lowest BCUT2D eigenvalue weighted by Crippen LogP contribution is -2.35.